The zero-order chi connectivity index (χ0) is 25.9. The van der Waals surface area contributed by atoms with Crippen LogP contribution >= 0.6 is 0 Å². The first kappa shape index (κ1) is 26.7. The molecule has 1 saturated heterocycles. The quantitative estimate of drug-likeness (QED) is 0.459. The van der Waals surface area contributed by atoms with Crippen LogP contribution in [0.1, 0.15) is 105 Å². The van der Waals surface area contributed by atoms with Crippen molar-refractivity contribution in [3.8, 4) is 0 Å². The first-order valence-corrected chi connectivity index (χ1v) is 15.1. The van der Waals surface area contributed by atoms with Crippen LogP contribution in [0.3, 0.4) is 0 Å². The van der Waals surface area contributed by atoms with E-state index in [-0.39, 0.29) is 11.3 Å². The maximum absolute atomic E-state index is 13.0. The third kappa shape index (κ3) is 4.29. The number of likely N-dealkylation sites (tertiary alicyclic amines) is 1. The molecule has 0 aromatic rings. The lowest BCUT2D eigenvalue weighted by Crippen LogP contribution is -2.55. The third-order valence-electron chi connectivity index (χ3n) is 12.5. The van der Waals surface area contributed by atoms with Crippen molar-refractivity contribution in [1.29, 1.82) is 0 Å². The zero-order valence-corrected chi connectivity index (χ0v) is 23.2. The lowest BCUT2D eigenvalue weighted by Gasteiger charge is -2.59. The molecule has 204 valence electrons. The second-order valence-corrected chi connectivity index (χ2v) is 13.9. The molecule has 5 aliphatic rings. The highest BCUT2D eigenvalue weighted by molar-refractivity contribution is 5.76. The minimum atomic E-state index is -0.573. The molecule has 5 heteroatoms. The summed E-state index contributed by atoms with van der Waals surface area (Å²) in [6, 6.07) is 0. The molecule has 1 amide bonds. The molecule has 0 bridgehead atoms. The fraction of sp³-hybridized carbons (Fsp3) is 0.903. The predicted octanol–water partition coefficient (Wildman–Crippen LogP) is 5.08. The highest BCUT2D eigenvalue weighted by Gasteiger charge is 2.60. The SMILES string of the molecule is CCC1(O)CCN(C(=O)CCC(C)[C@H]2CC[C@H]3[C@@H]4CC=C5C[C@@H](O)C[C@H](O)[C@]5(C)[C@H]4CC[C@]23C)CC1. The van der Waals surface area contributed by atoms with Gasteiger partial charge in [0.2, 0.25) is 5.91 Å². The van der Waals surface area contributed by atoms with Gasteiger partial charge >= 0.3 is 0 Å². The molecule has 0 radical (unpaired) electrons. The molecule has 3 N–H and O–H groups in total. The predicted molar refractivity (Wildman–Crippen MR) is 142 cm³/mol. The lowest BCUT2D eigenvalue weighted by atomic mass is 9.46. The molecule has 4 fully saturated rings. The first-order chi connectivity index (χ1) is 17.0. The number of aliphatic hydroxyl groups excluding tert-OH is 2. The van der Waals surface area contributed by atoms with Crippen molar-refractivity contribution >= 4 is 5.91 Å². The molecule has 0 aromatic carbocycles. The van der Waals surface area contributed by atoms with Gasteiger partial charge < -0.3 is 20.2 Å². The minimum Gasteiger partial charge on any atom is -0.393 e. The Bertz CT molecular complexity index is 863. The Kier molecular flexibility index (Phi) is 7.18. The molecule has 0 aromatic heterocycles. The second-order valence-electron chi connectivity index (χ2n) is 13.9. The van der Waals surface area contributed by atoms with Gasteiger partial charge in [-0.05, 0) is 99.2 Å². The van der Waals surface area contributed by atoms with Crippen molar-refractivity contribution in [1.82, 2.24) is 4.90 Å². The second kappa shape index (κ2) is 9.68. The van der Waals surface area contributed by atoms with E-state index < -0.39 is 17.8 Å². The normalized spacial score (nSPS) is 44.8. The van der Waals surface area contributed by atoms with E-state index in [2.05, 4.69) is 26.8 Å². The van der Waals surface area contributed by atoms with E-state index in [9.17, 15) is 20.1 Å². The van der Waals surface area contributed by atoms with Crippen LogP contribution in [0.15, 0.2) is 11.6 Å². The van der Waals surface area contributed by atoms with Gasteiger partial charge in [0, 0.05) is 31.3 Å². The lowest BCUT2D eigenvalue weighted by molar-refractivity contribution is -0.136. The molecule has 1 heterocycles. The van der Waals surface area contributed by atoms with Gasteiger partial charge in [0.05, 0.1) is 17.8 Å². The summed E-state index contributed by atoms with van der Waals surface area (Å²) >= 11 is 0. The van der Waals surface area contributed by atoms with Crippen molar-refractivity contribution in [2.75, 3.05) is 13.1 Å². The smallest absolute Gasteiger partial charge is 0.222 e. The van der Waals surface area contributed by atoms with Gasteiger partial charge in [-0.2, -0.15) is 0 Å². The molecule has 1 unspecified atom stereocenters. The summed E-state index contributed by atoms with van der Waals surface area (Å²) in [5.74, 6) is 3.33. The molecule has 4 aliphatic carbocycles. The Morgan fingerprint density at radius 1 is 1.11 bits per heavy atom. The number of allylic oxidation sites excluding steroid dienone is 1. The van der Waals surface area contributed by atoms with Gasteiger partial charge in [0.25, 0.3) is 0 Å². The van der Waals surface area contributed by atoms with Gasteiger partial charge in [-0.25, -0.2) is 0 Å². The van der Waals surface area contributed by atoms with E-state index >= 15 is 0 Å². The van der Waals surface area contributed by atoms with E-state index in [1.165, 1.54) is 31.3 Å². The van der Waals surface area contributed by atoms with Gasteiger partial charge in [-0.15, -0.1) is 0 Å². The summed E-state index contributed by atoms with van der Waals surface area (Å²) in [6.07, 6.45) is 12.6. The maximum atomic E-state index is 13.0. The average Bonchev–Trinajstić information content (AvgIpc) is 3.21. The maximum Gasteiger partial charge on any atom is 0.222 e. The van der Waals surface area contributed by atoms with E-state index in [1.807, 2.05) is 11.8 Å². The van der Waals surface area contributed by atoms with E-state index in [4.69, 9.17) is 0 Å². The molecule has 5 nitrogen and oxygen atoms in total. The van der Waals surface area contributed by atoms with Crippen LogP contribution in [-0.2, 0) is 4.79 Å². The molecular weight excluding hydrogens is 450 g/mol. The van der Waals surface area contributed by atoms with Crippen LogP contribution < -0.4 is 0 Å². The van der Waals surface area contributed by atoms with Crippen molar-refractivity contribution in [2.24, 2.45) is 40.4 Å². The van der Waals surface area contributed by atoms with Gasteiger partial charge in [0.1, 0.15) is 0 Å². The Labute approximate surface area is 218 Å². The Morgan fingerprint density at radius 2 is 1.83 bits per heavy atom. The topological polar surface area (TPSA) is 81.0 Å². The third-order valence-corrected chi connectivity index (χ3v) is 12.5. The zero-order valence-electron chi connectivity index (χ0n) is 23.2. The van der Waals surface area contributed by atoms with Crippen LogP contribution in [0.25, 0.3) is 0 Å². The number of piperidine rings is 1. The molecular formula is C31H51NO4. The summed E-state index contributed by atoms with van der Waals surface area (Å²) in [7, 11) is 0. The number of nitrogens with zero attached hydrogens (tertiary/aromatic N) is 1. The first-order valence-electron chi connectivity index (χ1n) is 15.1. The van der Waals surface area contributed by atoms with Crippen molar-refractivity contribution in [2.45, 2.75) is 123 Å². The van der Waals surface area contributed by atoms with Crippen LogP contribution in [-0.4, -0.2) is 57.0 Å². The van der Waals surface area contributed by atoms with E-state index in [0.29, 0.717) is 73.8 Å². The monoisotopic (exact) mass is 501 g/mol. The summed E-state index contributed by atoms with van der Waals surface area (Å²) < 4.78 is 0. The summed E-state index contributed by atoms with van der Waals surface area (Å²) in [6.45, 7) is 10.6. The number of hydrogen-bond acceptors (Lipinski definition) is 4. The van der Waals surface area contributed by atoms with Gasteiger partial charge in [0.15, 0.2) is 0 Å². The van der Waals surface area contributed by atoms with Crippen LogP contribution in [0.5, 0.6) is 0 Å². The number of carbonyl (C=O) groups excluding carboxylic acids is 1. The number of rotatable bonds is 5. The molecule has 0 spiro atoms. The Hall–Kier alpha value is -0.910. The average molecular weight is 502 g/mol. The molecule has 1 aliphatic heterocycles. The summed E-state index contributed by atoms with van der Waals surface area (Å²) in [5.41, 5.74) is 0.899. The van der Waals surface area contributed by atoms with E-state index in [1.54, 1.807) is 0 Å². The number of carbonyl (C=O) groups is 1. The highest BCUT2D eigenvalue weighted by atomic mass is 16.3. The molecule has 5 rings (SSSR count). The van der Waals surface area contributed by atoms with Crippen LogP contribution in [0, 0.1) is 40.4 Å². The van der Waals surface area contributed by atoms with Crippen LogP contribution in [0.4, 0.5) is 0 Å². The minimum absolute atomic E-state index is 0.169. The highest BCUT2D eigenvalue weighted by Crippen LogP contribution is 2.67. The van der Waals surface area contributed by atoms with Gasteiger partial charge in [-0.1, -0.05) is 39.3 Å². The number of aliphatic hydroxyl groups is 3. The Balaban J connectivity index is 1.22. The van der Waals surface area contributed by atoms with Crippen molar-refractivity contribution in [3.63, 3.8) is 0 Å². The summed E-state index contributed by atoms with van der Waals surface area (Å²) in [4.78, 5) is 15.0. The molecule has 36 heavy (non-hydrogen) atoms. The van der Waals surface area contributed by atoms with Crippen molar-refractivity contribution in [3.05, 3.63) is 11.6 Å². The number of fused-ring (bicyclic) bond motifs is 5. The standard InChI is InChI=1S/C31H51NO4/c1-5-31(36)14-16-32(17-15-31)28(35)11-6-20(2)24-9-10-25-23-8-7-21-18-22(33)19-27(34)30(21,4)26(23)12-13-29(24,25)3/h7,20,22-27,33-34,36H,5-6,8-19H2,1-4H3/t20?,22-,23+,24-,25+,26+,27+,29-,30+/m1/s1. The number of hydrogen-bond donors (Lipinski definition) is 3. The summed E-state index contributed by atoms with van der Waals surface area (Å²) in [5, 5.41) is 31.9. The van der Waals surface area contributed by atoms with Crippen molar-refractivity contribution < 1.29 is 20.1 Å². The van der Waals surface area contributed by atoms with Gasteiger partial charge in [-0.3, -0.25) is 4.79 Å². The Morgan fingerprint density at radius 3 is 2.53 bits per heavy atom. The van der Waals surface area contributed by atoms with E-state index in [0.717, 1.165) is 25.7 Å². The largest absolute Gasteiger partial charge is 0.393 e. The number of amides is 1. The fourth-order valence-corrected chi connectivity index (χ4v) is 9.91. The molecule has 9 atom stereocenters. The van der Waals surface area contributed by atoms with Crippen LogP contribution in [0.2, 0.25) is 0 Å². The fourth-order valence-electron chi connectivity index (χ4n) is 9.91. The molecule has 3 saturated carbocycles.